The summed E-state index contributed by atoms with van der Waals surface area (Å²) in [6.45, 7) is 2.81. The van der Waals surface area contributed by atoms with Crippen LogP contribution in [0.3, 0.4) is 0 Å². The molecule has 70 valence electrons. The Morgan fingerprint density at radius 3 is 3.23 bits per heavy atom. The Kier molecular flexibility index (Phi) is 4.61. The zero-order valence-corrected chi connectivity index (χ0v) is 7.81. The van der Waals surface area contributed by atoms with Crippen LogP contribution in [0.2, 0.25) is 0 Å². The van der Waals surface area contributed by atoms with E-state index in [1.807, 2.05) is 12.1 Å². The van der Waals surface area contributed by atoms with Gasteiger partial charge in [0.15, 0.2) is 0 Å². The van der Waals surface area contributed by atoms with Gasteiger partial charge in [-0.3, -0.25) is 4.98 Å². The molecular weight excluding hydrogens is 164 g/mol. The molecule has 0 saturated carbocycles. The van der Waals surface area contributed by atoms with E-state index in [0.29, 0.717) is 6.61 Å². The number of unbranched alkanes of at least 4 members (excludes halogenated alkanes) is 1. The summed E-state index contributed by atoms with van der Waals surface area (Å²) < 4.78 is 0. The van der Waals surface area contributed by atoms with E-state index in [0.717, 1.165) is 18.4 Å². The molecule has 0 aliphatic carbocycles. The average Bonchev–Trinajstić information content (AvgIpc) is 2.19. The molecule has 0 fully saturated rings. The second-order valence-corrected chi connectivity index (χ2v) is 2.71. The van der Waals surface area contributed by atoms with Crippen molar-refractivity contribution >= 4 is 6.21 Å². The monoisotopic (exact) mass is 178 g/mol. The first-order chi connectivity index (χ1) is 6.43. The molecule has 0 aliphatic rings. The summed E-state index contributed by atoms with van der Waals surface area (Å²) in [5.41, 5.74) is 0.957. The molecule has 0 radical (unpaired) electrons. The number of hydrogen-bond donors (Lipinski definition) is 0. The van der Waals surface area contributed by atoms with Crippen molar-refractivity contribution in [3.63, 3.8) is 0 Å². The van der Waals surface area contributed by atoms with Gasteiger partial charge in [0.25, 0.3) is 0 Å². The summed E-state index contributed by atoms with van der Waals surface area (Å²) in [5, 5.41) is 3.81. The molecular formula is C10H14N2O. The van der Waals surface area contributed by atoms with Crippen LogP contribution in [0.4, 0.5) is 0 Å². The van der Waals surface area contributed by atoms with Crippen LogP contribution in [0.1, 0.15) is 25.3 Å². The van der Waals surface area contributed by atoms with E-state index >= 15 is 0 Å². The molecule has 0 atom stereocenters. The standard InChI is InChI=1S/C10H14N2O/c1-2-3-7-13-12-9-10-5-4-6-11-8-10/h4-6,8-9H,2-3,7H2,1H3/b12-9+. The van der Waals surface area contributed by atoms with Gasteiger partial charge in [-0.1, -0.05) is 24.6 Å². The maximum absolute atomic E-state index is 5.02. The summed E-state index contributed by atoms with van der Waals surface area (Å²) in [6, 6.07) is 3.80. The fraction of sp³-hybridized carbons (Fsp3) is 0.400. The molecule has 3 nitrogen and oxygen atoms in total. The molecule has 13 heavy (non-hydrogen) atoms. The van der Waals surface area contributed by atoms with Gasteiger partial charge < -0.3 is 4.84 Å². The van der Waals surface area contributed by atoms with Crippen LogP contribution in [0, 0.1) is 0 Å². The van der Waals surface area contributed by atoms with Crippen molar-refractivity contribution < 1.29 is 4.84 Å². The number of hydrogen-bond acceptors (Lipinski definition) is 3. The van der Waals surface area contributed by atoms with Crippen molar-refractivity contribution in [1.82, 2.24) is 4.98 Å². The second-order valence-electron chi connectivity index (χ2n) is 2.71. The third-order valence-corrected chi connectivity index (χ3v) is 1.55. The van der Waals surface area contributed by atoms with Crippen LogP contribution < -0.4 is 0 Å². The Labute approximate surface area is 78.4 Å². The van der Waals surface area contributed by atoms with E-state index in [1.54, 1.807) is 18.6 Å². The predicted molar refractivity (Wildman–Crippen MR) is 52.7 cm³/mol. The van der Waals surface area contributed by atoms with Gasteiger partial charge >= 0.3 is 0 Å². The van der Waals surface area contributed by atoms with Gasteiger partial charge in [-0.2, -0.15) is 0 Å². The zero-order chi connectivity index (χ0) is 9.36. The third-order valence-electron chi connectivity index (χ3n) is 1.55. The van der Waals surface area contributed by atoms with Crippen molar-refractivity contribution in [3.8, 4) is 0 Å². The molecule has 0 bridgehead atoms. The van der Waals surface area contributed by atoms with E-state index in [4.69, 9.17) is 4.84 Å². The molecule has 0 saturated heterocycles. The highest BCUT2D eigenvalue weighted by atomic mass is 16.6. The van der Waals surface area contributed by atoms with Crippen molar-refractivity contribution in [2.45, 2.75) is 19.8 Å². The number of pyridine rings is 1. The smallest absolute Gasteiger partial charge is 0.117 e. The number of oxime groups is 1. The number of aromatic nitrogens is 1. The van der Waals surface area contributed by atoms with Crippen LogP contribution in [-0.2, 0) is 4.84 Å². The first kappa shape index (κ1) is 9.71. The predicted octanol–water partition coefficient (Wildman–Crippen LogP) is 2.23. The first-order valence-electron chi connectivity index (χ1n) is 4.49. The normalized spacial score (nSPS) is 10.5. The van der Waals surface area contributed by atoms with Crippen LogP contribution in [0.25, 0.3) is 0 Å². The lowest BCUT2D eigenvalue weighted by molar-refractivity contribution is 0.143. The van der Waals surface area contributed by atoms with Gasteiger partial charge in [-0.05, 0) is 12.5 Å². The first-order valence-corrected chi connectivity index (χ1v) is 4.49. The molecule has 1 aromatic rings. The quantitative estimate of drug-likeness (QED) is 0.393. The number of nitrogens with zero attached hydrogens (tertiary/aromatic N) is 2. The Morgan fingerprint density at radius 2 is 2.54 bits per heavy atom. The molecule has 0 N–H and O–H groups in total. The fourth-order valence-corrected chi connectivity index (χ4v) is 0.812. The SMILES string of the molecule is CCCCO/N=C/c1cccnc1. The maximum atomic E-state index is 5.02. The highest BCUT2D eigenvalue weighted by Gasteiger charge is 1.85. The zero-order valence-electron chi connectivity index (χ0n) is 7.81. The van der Waals surface area contributed by atoms with Crippen LogP contribution in [-0.4, -0.2) is 17.8 Å². The van der Waals surface area contributed by atoms with Crippen molar-refractivity contribution in [3.05, 3.63) is 30.1 Å². The van der Waals surface area contributed by atoms with Gasteiger partial charge in [-0.25, -0.2) is 0 Å². The minimum absolute atomic E-state index is 0.688. The fourth-order valence-electron chi connectivity index (χ4n) is 0.812. The summed E-state index contributed by atoms with van der Waals surface area (Å²) in [7, 11) is 0. The number of rotatable bonds is 5. The summed E-state index contributed by atoms with van der Waals surface area (Å²) in [5.74, 6) is 0. The third kappa shape index (κ3) is 4.25. The minimum Gasteiger partial charge on any atom is -0.396 e. The van der Waals surface area contributed by atoms with Gasteiger partial charge in [0.2, 0.25) is 0 Å². The summed E-state index contributed by atoms with van der Waals surface area (Å²) >= 11 is 0. The van der Waals surface area contributed by atoms with Crippen LogP contribution in [0.15, 0.2) is 29.7 Å². The second kappa shape index (κ2) is 6.17. The molecule has 0 amide bonds. The van der Waals surface area contributed by atoms with Crippen molar-refractivity contribution in [2.24, 2.45) is 5.16 Å². The van der Waals surface area contributed by atoms with E-state index in [1.165, 1.54) is 0 Å². The molecule has 1 aromatic heterocycles. The lowest BCUT2D eigenvalue weighted by Crippen LogP contribution is -1.88. The Morgan fingerprint density at radius 1 is 1.62 bits per heavy atom. The highest BCUT2D eigenvalue weighted by Crippen LogP contribution is 1.92. The Hall–Kier alpha value is -1.38. The summed E-state index contributed by atoms with van der Waals surface area (Å²) in [6.07, 6.45) is 7.32. The Balaban J connectivity index is 2.25. The molecule has 3 heteroatoms. The van der Waals surface area contributed by atoms with E-state index < -0.39 is 0 Å². The Bertz CT molecular complexity index is 246. The molecule has 0 unspecified atom stereocenters. The minimum atomic E-state index is 0.688. The highest BCUT2D eigenvalue weighted by molar-refractivity contribution is 5.78. The van der Waals surface area contributed by atoms with E-state index in [-0.39, 0.29) is 0 Å². The van der Waals surface area contributed by atoms with Gasteiger partial charge in [-0.15, -0.1) is 0 Å². The van der Waals surface area contributed by atoms with E-state index in [9.17, 15) is 0 Å². The van der Waals surface area contributed by atoms with Gasteiger partial charge in [0, 0.05) is 18.0 Å². The van der Waals surface area contributed by atoms with Gasteiger partial charge in [0.05, 0.1) is 6.21 Å². The molecule has 1 heterocycles. The summed E-state index contributed by atoms with van der Waals surface area (Å²) in [4.78, 5) is 8.97. The maximum Gasteiger partial charge on any atom is 0.117 e. The van der Waals surface area contributed by atoms with Crippen LogP contribution in [0.5, 0.6) is 0 Å². The molecule has 0 aromatic carbocycles. The lowest BCUT2D eigenvalue weighted by atomic mass is 10.3. The molecule has 0 spiro atoms. The average molecular weight is 178 g/mol. The van der Waals surface area contributed by atoms with Crippen molar-refractivity contribution in [2.75, 3.05) is 6.61 Å². The topological polar surface area (TPSA) is 34.5 Å². The van der Waals surface area contributed by atoms with Crippen molar-refractivity contribution in [1.29, 1.82) is 0 Å². The van der Waals surface area contributed by atoms with Gasteiger partial charge in [0.1, 0.15) is 6.61 Å². The molecule has 1 rings (SSSR count). The lowest BCUT2D eigenvalue weighted by Gasteiger charge is -1.95. The van der Waals surface area contributed by atoms with Crippen LogP contribution >= 0.6 is 0 Å². The largest absolute Gasteiger partial charge is 0.396 e. The van der Waals surface area contributed by atoms with E-state index in [2.05, 4.69) is 17.1 Å². The molecule has 0 aliphatic heterocycles.